The van der Waals surface area contributed by atoms with E-state index in [-0.39, 0.29) is 23.7 Å². The van der Waals surface area contributed by atoms with Gasteiger partial charge in [0.05, 0.1) is 17.6 Å². The van der Waals surface area contributed by atoms with Crippen molar-refractivity contribution in [1.29, 1.82) is 0 Å². The van der Waals surface area contributed by atoms with Crippen LogP contribution in [0.25, 0.3) is 11.0 Å². The van der Waals surface area contributed by atoms with Gasteiger partial charge in [-0.05, 0) is 38.8 Å². The molecule has 6 nitrogen and oxygen atoms in total. The van der Waals surface area contributed by atoms with Crippen molar-refractivity contribution in [2.45, 2.75) is 38.8 Å². The molecule has 0 unspecified atom stereocenters. The molecule has 2 aromatic rings. The smallest absolute Gasteiger partial charge is 0.326 e. The van der Waals surface area contributed by atoms with Crippen molar-refractivity contribution in [2.24, 2.45) is 0 Å². The van der Waals surface area contributed by atoms with E-state index < -0.39 is 0 Å². The van der Waals surface area contributed by atoms with Crippen LogP contribution in [0.4, 0.5) is 0 Å². The van der Waals surface area contributed by atoms with E-state index in [0.29, 0.717) is 6.61 Å². The Hall–Kier alpha value is -2.08. The molecule has 6 heteroatoms. The molecule has 0 radical (unpaired) electrons. The molecule has 0 amide bonds. The molecule has 1 saturated heterocycles. The van der Waals surface area contributed by atoms with Gasteiger partial charge in [0.15, 0.2) is 0 Å². The molecule has 0 aliphatic carbocycles. The van der Waals surface area contributed by atoms with Crippen molar-refractivity contribution in [1.82, 2.24) is 14.5 Å². The van der Waals surface area contributed by atoms with Gasteiger partial charge in [0.2, 0.25) is 0 Å². The third-order valence-electron chi connectivity index (χ3n) is 4.66. The summed E-state index contributed by atoms with van der Waals surface area (Å²) >= 11 is 0. The zero-order valence-electron chi connectivity index (χ0n) is 13.6. The molecule has 1 atom stereocenters. The maximum Gasteiger partial charge on any atom is 0.326 e. The van der Waals surface area contributed by atoms with Crippen molar-refractivity contribution in [3.8, 4) is 0 Å². The number of nitrogens with zero attached hydrogens (tertiary/aromatic N) is 2. The number of hydrogen-bond acceptors (Lipinski definition) is 4. The Morgan fingerprint density at radius 1 is 1.35 bits per heavy atom. The number of piperidine rings is 1. The van der Waals surface area contributed by atoms with E-state index >= 15 is 0 Å². The van der Waals surface area contributed by atoms with E-state index in [9.17, 15) is 9.59 Å². The maximum absolute atomic E-state index is 12.3. The summed E-state index contributed by atoms with van der Waals surface area (Å²) in [6, 6.07) is 7.71. The molecule has 1 N–H and O–H groups in total. The number of H-pyrrole nitrogens is 1. The first-order valence-corrected chi connectivity index (χ1v) is 8.21. The van der Waals surface area contributed by atoms with E-state index in [1.807, 2.05) is 42.7 Å². The van der Waals surface area contributed by atoms with Crippen molar-refractivity contribution < 1.29 is 9.53 Å². The van der Waals surface area contributed by atoms with Gasteiger partial charge in [0.1, 0.15) is 6.04 Å². The largest absolute Gasteiger partial charge is 0.465 e. The molecule has 23 heavy (non-hydrogen) atoms. The fourth-order valence-corrected chi connectivity index (χ4v) is 3.38. The van der Waals surface area contributed by atoms with Crippen LogP contribution in [0, 0.1) is 0 Å². The van der Waals surface area contributed by atoms with Crippen LogP contribution in [0.3, 0.4) is 0 Å². The number of carbonyl (C=O) groups is 1. The molecular weight excluding hydrogens is 294 g/mol. The summed E-state index contributed by atoms with van der Waals surface area (Å²) in [4.78, 5) is 29.2. The van der Waals surface area contributed by atoms with Crippen molar-refractivity contribution >= 4 is 17.0 Å². The Balaban J connectivity index is 1.72. The van der Waals surface area contributed by atoms with Gasteiger partial charge in [-0.3, -0.25) is 14.3 Å². The maximum atomic E-state index is 12.3. The summed E-state index contributed by atoms with van der Waals surface area (Å²) in [5.41, 5.74) is 1.78. The van der Waals surface area contributed by atoms with Gasteiger partial charge >= 0.3 is 11.7 Å². The van der Waals surface area contributed by atoms with Gasteiger partial charge < -0.3 is 9.72 Å². The van der Waals surface area contributed by atoms with Crippen molar-refractivity contribution in [3.05, 3.63) is 34.7 Å². The lowest BCUT2D eigenvalue weighted by Gasteiger charge is -2.35. The minimum atomic E-state index is -0.226. The first-order valence-electron chi connectivity index (χ1n) is 8.21. The summed E-state index contributed by atoms with van der Waals surface area (Å²) in [7, 11) is 0. The molecule has 1 aromatic carbocycles. The SMILES string of the molecule is CCOC(=O)[C@H](C)N1CCC(n2c(=O)[nH]c3ccccc32)CC1. The average Bonchev–Trinajstić information content (AvgIpc) is 2.90. The highest BCUT2D eigenvalue weighted by Gasteiger charge is 2.29. The van der Waals surface area contributed by atoms with Crippen molar-refractivity contribution in [3.63, 3.8) is 0 Å². The molecule has 1 aliphatic rings. The topological polar surface area (TPSA) is 67.3 Å². The van der Waals surface area contributed by atoms with Gasteiger partial charge in [-0.15, -0.1) is 0 Å². The van der Waals surface area contributed by atoms with Crippen LogP contribution in [0.5, 0.6) is 0 Å². The van der Waals surface area contributed by atoms with Crippen LogP contribution >= 0.6 is 0 Å². The van der Waals surface area contributed by atoms with Crippen LogP contribution in [-0.2, 0) is 9.53 Å². The third kappa shape index (κ3) is 3.03. The molecule has 0 spiro atoms. The Labute approximate surface area is 135 Å². The van der Waals surface area contributed by atoms with Gasteiger partial charge in [-0.1, -0.05) is 12.1 Å². The zero-order chi connectivity index (χ0) is 16.4. The third-order valence-corrected chi connectivity index (χ3v) is 4.66. The number of esters is 1. The fraction of sp³-hybridized carbons (Fsp3) is 0.529. The predicted octanol–water partition coefficient (Wildman–Crippen LogP) is 1.92. The number of likely N-dealkylation sites (tertiary alicyclic amines) is 1. The molecule has 3 rings (SSSR count). The molecule has 1 aliphatic heterocycles. The predicted molar refractivity (Wildman–Crippen MR) is 88.5 cm³/mol. The number of imidazole rings is 1. The summed E-state index contributed by atoms with van der Waals surface area (Å²) in [5, 5.41) is 0. The Morgan fingerprint density at radius 2 is 2.04 bits per heavy atom. The van der Waals surface area contributed by atoms with Crippen molar-refractivity contribution in [2.75, 3.05) is 19.7 Å². The molecular formula is C17H23N3O3. The number of carbonyl (C=O) groups excluding carboxylic acids is 1. The highest BCUT2D eigenvalue weighted by molar-refractivity contribution is 5.75. The minimum Gasteiger partial charge on any atom is -0.465 e. The van der Waals surface area contributed by atoms with Gasteiger partial charge in [-0.2, -0.15) is 0 Å². The van der Waals surface area contributed by atoms with Crippen LogP contribution in [0.2, 0.25) is 0 Å². The summed E-state index contributed by atoms with van der Waals surface area (Å²) in [6.07, 6.45) is 1.71. The monoisotopic (exact) mass is 317 g/mol. The second-order valence-corrected chi connectivity index (χ2v) is 6.01. The number of benzene rings is 1. The zero-order valence-corrected chi connectivity index (χ0v) is 13.6. The first-order chi connectivity index (χ1) is 11.1. The Bertz CT molecular complexity index is 741. The lowest BCUT2D eigenvalue weighted by molar-refractivity contribution is -0.149. The molecule has 2 heterocycles. The molecule has 1 aromatic heterocycles. The van der Waals surface area contributed by atoms with Gasteiger partial charge in [-0.25, -0.2) is 4.79 Å². The standard InChI is InChI=1S/C17H23N3O3/c1-3-23-16(21)12(2)19-10-8-13(9-11-19)20-15-7-5-4-6-14(15)18-17(20)22/h4-7,12-13H,3,8-11H2,1-2H3,(H,18,22)/t12-/m0/s1. The molecule has 0 bridgehead atoms. The fourth-order valence-electron chi connectivity index (χ4n) is 3.38. The summed E-state index contributed by atoms with van der Waals surface area (Å²) < 4.78 is 6.95. The second-order valence-electron chi connectivity index (χ2n) is 6.01. The number of aromatic nitrogens is 2. The summed E-state index contributed by atoms with van der Waals surface area (Å²) in [6.45, 7) is 5.69. The lowest BCUT2D eigenvalue weighted by atomic mass is 10.0. The number of fused-ring (bicyclic) bond motifs is 1. The highest BCUT2D eigenvalue weighted by Crippen LogP contribution is 2.25. The van der Waals surface area contributed by atoms with E-state index in [1.54, 1.807) is 0 Å². The van der Waals surface area contributed by atoms with Gasteiger partial charge in [0, 0.05) is 19.1 Å². The van der Waals surface area contributed by atoms with Gasteiger partial charge in [0.25, 0.3) is 0 Å². The van der Waals surface area contributed by atoms with Crippen LogP contribution in [-0.4, -0.2) is 46.2 Å². The second kappa shape index (κ2) is 6.58. The first kappa shape index (κ1) is 15.8. The highest BCUT2D eigenvalue weighted by atomic mass is 16.5. The average molecular weight is 317 g/mol. The van der Waals surface area contributed by atoms with Crippen LogP contribution in [0.1, 0.15) is 32.7 Å². The Kier molecular flexibility index (Phi) is 4.52. The van der Waals surface area contributed by atoms with E-state index in [4.69, 9.17) is 4.74 Å². The molecule has 124 valence electrons. The van der Waals surface area contributed by atoms with Crippen LogP contribution in [0.15, 0.2) is 29.1 Å². The number of nitrogens with one attached hydrogen (secondary N) is 1. The quantitative estimate of drug-likeness (QED) is 0.875. The number of para-hydroxylation sites is 2. The van der Waals surface area contributed by atoms with E-state index in [1.165, 1.54) is 0 Å². The number of hydrogen-bond donors (Lipinski definition) is 1. The lowest BCUT2D eigenvalue weighted by Crippen LogP contribution is -2.45. The summed E-state index contributed by atoms with van der Waals surface area (Å²) in [5.74, 6) is -0.171. The van der Waals surface area contributed by atoms with Crippen LogP contribution < -0.4 is 5.69 Å². The van der Waals surface area contributed by atoms with E-state index in [2.05, 4.69) is 9.88 Å². The minimum absolute atomic E-state index is 0.0527. The number of rotatable bonds is 4. The number of aromatic amines is 1. The molecule has 0 saturated carbocycles. The molecule has 1 fully saturated rings. The Morgan fingerprint density at radius 3 is 2.74 bits per heavy atom. The normalized spacial score (nSPS) is 18.2. The van der Waals surface area contributed by atoms with E-state index in [0.717, 1.165) is 37.0 Å². The number of ether oxygens (including phenoxy) is 1.